The second-order valence-electron chi connectivity index (χ2n) is 3.76. The van der Waals surface area contributed by atoms with E-state index in [-0.39, 0.29) is 16.0 Å². The Kier molecular flexibility index (Phi) is 5.96. The van der Waals surface area contributed by atoms with Crippen LogP contribution in [0.2, 0.25) is 0 Å². The van der Waals surface area contributed by atoms with E-state index in [4.69, 9.17) is 17.0 Å². The van der Waals surface area contributed by atoms with Crippen LogP contribution >= 0.6 is 24.0 Å². The zero-order chi connectivity index (χ0) is 12.9. The van der Waals surface area contributed by atoms with Crippen molar-refractivity contribution in [2.75, 3.05) is 5.75 Å². The van der Waals surface area contributed by atoms with E-state index >= 15 is 0 Å². The number of thioether (sulfide) groups is 1. The quantitative estimate of drug-likeness (QED) is 0.629. The summed E-state index contributed by atoms with van der Waals surface area (Å²) in [4.78, 5) is 23.6. The second kappa shape index (κ2) is 6.20. The number of ether oxygens (including phenoxy) is 1. The molecule has 0 aromatic rings. The molecule has 0 spiro atoms. The van der Waals surface area contributed by atoms with E-state index in [9.17, 15) is 9.59 Å². The van der Waals surface area contributed by atoms with Crippen molar-refractivity contribution in [2.24, 2.45) is 0 Å². The van der Waals surface area contributed by atoms with Crippen LogP contribution in [0, 0.1) is 0 Å². The standard InChI is InChI=1S/C8H11NO3S2.C2H6/c1-8(2,3)12-6(11)9-5(10)4-14-7(9)13;1-2/h4H2,1-3H3;1-2H3. The van der Waals surface area contributed by atoms with Crippen LogP contribution in [-0.4, -0.2) is 32.6 Å². The lowest BCUT2D eigenvalue weighted by atomic mass is 10.2. The Labute approximate surface area is 106 Å². The van der Waals surface area contributed by atoms with E-state index < -0.39 is 11.7 Å². The summed E-state index contributed by atoms with van der Waals surface area (Å²) < 4.78 is 5.30. The summed E-state index contributed by atoms with van der Waals surface area (Å²) in [6.45, 7) is 9.21. The van der Waals surface area contributed by atoms with Gasteiger partial charge in [0.2, 0.25) is 5.91 Å². The molecule has 2 amide bonds. The van der Waals surface area contributed by atoms with Gasteiger partial charge in [-0.05, 0) is 20.8 Å². The van der Waals surface area contributed by atoms with Crippen molar-refractivity contribution in [3.05, 3.63) is 0 Å². The summed E-state index contributed by atoms with van der Waals surface area (Å²) in [6, 6.07) is 0. The highest BCUT2D eigenvalue weighted by atomic mass is 32.2. The van der Waals surface area contributed by atoms with E-state index in [1.807, 2.05) is 13.8 Å². The van der Waals surface area contributed by atoms with Crippen LogP contribution in [0.15, 0.2) is 0 Å². The first-order valence-corrected chi connectivity index (χ1v) is 6.43. The smallest absolute Gasteiger partial charge is 0.422 e. The summed E-state index contributed by atoms with van der Waals surface area (Å²) in [6.07, 6.45) is -0.683. The van der Waals surface area contributed by atoms with Gasteiger partial charge >= 0.3 is 6.09 Å². The first kappa shape index (κ1) is 15.4. The Morgan fingerprint density at radius 3 is 2.25 bits per heavy atom. The molecular formula is C10H17NO3S2. The first-order chi connectivity index (χ1) is 7.31. The highest BCUT2D eigenvalue weighted by Crippen LogP contribution is 2.21. The summed E-state index contributed by atoms with van der Waals surface area (Å²) >= 11 is 6.02. The number of imide groups is 1. The number of rotatable bonds is 0. The van der Waals surface area contributed by atoms with Crippen molar-refractivity contribution in [2.45, 2.75) is 40.2 Å². The molecule has 1 rings (SSSR count). The van der Waals surface area contributed by atoms with Crippen LogP contribution in [-0.2, 0) is 9.53 Å². The maximum Gasteiger partial charge on any atom is 0.422 e. The number of amides is 2. The maximum absolute atomic E-state index is 11.5. The van der Waals surface area contributed by atoms with Crippen LogP contribution in [0.5, 0.6) is 0 Å². The Balaban J connectivity index is 0.00000106. The molecule has 4 nitrogen and oxygen atoms in total. The molecule has 1 fully saturated rings. The molecule has 6 heteroatoms. The van der Waals surface area contributed by atoms with Crippen molar-refractivity contribution in [3.8, 4) is 0 Å². The van der Waals surface area contributed by atoms with Crippen molar-refractivity contribution in [1.29, 1.82) is 0 Å². The maximum atomic E-state index is 11.5. The lowest BCUT2D eigenvalue weighted by molar-refractivity contribution is -0.123. The Hall–Kier alpha value is -0.620. The van der Waals surface area contributed by atoms with Crippen LogP contribution in [0.25, 0.3) is 0 Å². The largest absolute Gasteiger partial charge is 0.443 e. The van der Waals surface area contributed by atoms with E-state index in [1.165, 1.54) is 11.8 Å². The monoisotopic (exact) mass is 263 g/mol. The third kappa shape index (κ3) is 4.49. The Morgan fingerprint density at radius 1 is 1.44 bits per heavy atom. The minimum atomic E-state index is -0.683. The second-order valence-corrected chi connectivity index (χ2v) is 5.37. The summed E-state index contributed by atoms with van der Waals surface area (Å²) in [5.41, 5.74) is -0.611. The van der Waals surface area contributed by atoms with Gasteiger partial charge in [0.05, 0.1) is 5.75 Å². The SMILES string of the molecule is CC.CC(C)(C)OC(=O)N1C(=O)CSC1=S. The molecule has 0 unspecified atom stereocenters. The average molecular weight is 263 g/mol. The number of hydrogen-bond donors (Lipinski definition) is 0. The molecule has 0 atom stereocenters. The molecule has 0 aromatic heterocycles. The number of carbonyl (C=O) groups is 2. The molecule has 1 heterocycles. The molecule has 1 saturated heterocycles. The lowest BCUT2D eigenvalue weighted by Gasteiger charge is -2.22. The average Bonchev–Trinajstić information content (AvgIpc) is 2.46. The van der Waals surface area contributed by atoms with Crippen molar-refractivity contribution in [1.82, 2.24) is 4.90 Å². The van der Waals surface area contributed by atoms with Gasteiger partial charge in [-0.1, -0.05) is 37.8 Å². The predicted octanol–water partition coefficient (Wildman–Crippen LogP) is 2.81. The molecule has 92 valence electrons. The molecule has 0 saturated carbocycles. The van der Waals surface area contributed by atoms with Gasteiger partial charge < -0.3 is 4.74 Å². The van der Waals surface area contributed by atoms with E-state index in [1.54, 1.807) is 20.8 Å². The molecule has 0 bridgehead atoms. The molecule has 0 aromatic carbocycles. The lowest BCUT2D eigenvalue weighted by Crippen LogP contribution is -2.39. The fourth-order valence-electron chi connectivity index (χ4n) is 0.838. The van der Waals surface area contributed by atoms with Gasteiger partial charge in [-0.3, -0.25) is 4.79 Å². The van der Waals surface area contributed by atoms with Crippen molar-refractivity contribution in [3.63, 3.8) is 0 Å². The molecular weight excluding hydrogens is 246 g/mol. The molecule has 0 aliphatic carbocycles. The minimum absolute atomic E-state index is 0.220. The Morgan fingerprint density at radius 2 is 1.94 bits per heavy atom. The van der Waals surface area contributed by atoms with Crippen LogP contribution in [0.3, 0.4) is 0 Å². The third-order valence-corrected chi connectivity index (χ3v) is 2.68. The van der Waals surface area contributed by atoms with Crippen molar-refractivity contribution >= 4 is 40.3 Å². The van der Waals surface area contributed by atoms with E-state index in [0.29, 0.717) is 0 Å². The van der Waals surface area contributed by atoms with Gasteiger partial charge in [0.15, 0.2) is 4.32 Å². The van der Waals surface area contributed by atoms with Gasteiger partial charge in [-0.25, -0.2) is 4.79 Å². The predicted molar refractivity (Wildman–Crippen MR) is 69.5 cm³/mol. The molecule has 1 aliphatic rings. The molecule has 0 N–H and O–H groups in total. The zero-order valence-corrected chi connectivity index (χ0v) is 11.8. The van der Waals surface area contributed by atoms with Crippen molar-refractivity contribution < 1.29 is 14.3 Å². The number of nitrogens with zero attached hydrogens (tertiary/aromatic N) is 1. The fraction of sp³-hybridized carbons (Fsp3) is 0.700. The highest BCUT2D eigenvalue weighted by Gasteiger charge is 2.35. The highest BCUT2D eigenvalue weighted by molar-refractivity contribution is 8.24. The van der Waals surface area contributed by atoms with Crippen LogP contribution in [0.4, 0.5) is 4.79 Å². The molecule has 16 heavy (non-hydrogen) atoms. The van der Waals surface area contributed by atoms with Crippen LogP contribution in [0.1, 0.15) is 34.6 Å². The third-order valence-electron chi connectivity index (χ3n) is 1.33. The Bertz CT molecular complexity index is 281. The van der Waals surface area contributed by atoms with Crippen LogP contribution < -0.4 is 0 Å². The molecule has 1 aliphatic heterocycles. The van der Waals surface area contributed by atoms with Gasteiger partial charge in [-0.2, -0.15) is 4.90 Å². The fourth-order valence-corrected chi connectivity index (χ4v) is 1.87. The van der Waals surface area contributed by atoms with E-state index in [2.05, 4.69) is 0 Å². The van der Waals surface area contributed by atoms with Gasteiger partial charge in [-0.15, -0.1) is 0 Å². The van der Waals surface area contributed by atoms with E-state index in [0.717, 1.165) is 4.90 Å². The summed E-state index contributed by atoms with van der Waals surface area (Å²) in [5, 5.41) is 0. The summed E-state index contributed by atoms with van der Waals surface area (Å²) in [5.74, 6) is -0.0906. The number of carbonyl (C=O) groups excluding carboxylic acids is 2. The zero-order valence-electron chi connectivity index (χ0n) is 10.2. The first-order valence-electron chi connectivity index (χ1n) is 5.04. The number of hydrogen-bond acceptors (Lipinski definition) is 5. The minimum Gasteiger partial charge on any atom is -0.443 e. The van der Waals surface area contributed by atoms with Gasteiger partial charge in [0.1, 0.15) is 5.60 Å². The number of thiocarbonyl (C=S) groups is 1. The normalized spacial score (nSPS) is 15.7. The molecule has 0 radical (unpaired) electrons. The van der Waals surface area contributed by atoms with Gasteiger partial charge in [0, 0.05) is 0 Å². The van der Waals surface area contributed by atoms with Gasteiger partial charge in [0.25, 0.3) is 0 Å². The summed E-state index contributed by atoms with van der Waals surface area (Å²) in [7, 11) is 0. The topological polar surface area (TPSA) is 46.6 Å².